The highest BCUT2D eigenvalue weighted by Gasteiger charge is 2.41. The number of aliphatic imine (C=N–C) groups is 2. The second-order valence-electron chi connectivity index (χ2n) is 15.0. The summed E-state index contributed by atoms with van der Waals surface area (Å²) in [5.41, 5.74) is 10.6. The predicted molar refractivity (Wildman–Crippen MR) is 230 cm³/mol. The summed E-state index contributed by atoms with van der Waals surface area (Å²) in [6.45, 7) is 0. The lowest BCUT2D eigenvalue weighted by Gasteiger charge is -2.32. The molecule has 0 saturated heterocycles. The van der Waals surface area contributed by atoms with Crippen molar-refractivity contribution in [2.75, 3.05) is 0 Å². The maximum Gasteiger partial charge on any atom is 0.159 e. The average molecular weight is 735 g/mol. The smallest absolute Gasteiger partial charge is 0.159 e. The molecule has 0 bridgehead atoms. The van der Waals surface area contributed by atoms with Gasteiger partial charge in [-0.05, 0) is 65.7 Å². The van der Waals surface area contributed by atoms with Crippen molar-refractivity contribution in [2.45, 2.75) is 12.1 Å². The second-order valence-corrected chi connectivity index (χ2v) is 15.0. The lowest BCUT2D eigenvalue weighted by atomic mass is 9.80. The zero-order chi connectivity index (χ0) is 37.5. The van der Waals surface area contributed by atoms with Crippen LogP contribution in [0.5, 0.6) is 5.75 Å². The lowest BCUT2D eigenvalue weighted by Crippen LogP contribution is -2.45. The molecule has 2 aromatic heterocycles. The molecule has 0 saturated carbocycles. The summed E-state index contributed by atoms with van der Waals surface area (Å²) in [5, 5.41) is 8.35. The summed E-state index contributed by atoms with van der Waals surface area (Å²) in [4.78, 5) is 10.2. The summed E-state index contributed by atoms with van der Waals surface area (Å²) in [6.07, 6.45) is 6.19. The summed E-state index contributed by atoms with van der Waals surface area (Å²) in [6, 6.07) is 57.4. The summed E-state index contributed by atoms with van der Waals surface area (Å²) < 4.78 is 15.4. The number of ether oxygens (including phenoxy) is 1. The first-order chi connectivity index (χ1) is 28.2. The third-order valence-electron chi connectivity index (χ3n) is 11.7. The first kappa shape index (κ1) is 31.9. The van der Waals surface area contributed by atoms with Crippen LogP contribution in [-0.2, 0) is 0 Å². The maximum absolute atomic E-state index is 6.67. The Morgan fingerprint density at radius 1 is 0.561 bits per heavy atom. The van der Waals surface area contributed by atoms with Crippen molar-refractivity contribution >= 4 is 55.4 Å². The van der Waals surface area contributed by atoms with Gasteiger partial charge in [0.25, 0.3) is 0 Å². The van der Waals surface area contributed by atoms with E-state index in [-0.39, 0.29) is 18.0 Å². The van der Waals surface area contributed by atoms with E-state index >= 15 is 0 Å². The highest BCUT2D eigenvalue weighted by Crippen LogP contribution is 2.50. The van der Waals surface area contributed by atoms with Gasteiger partial charge in [0, 0.05) is 49.8 Å². The molecule has 7 aromatic carbocycles. The number of rotatable bonds is 5. The molecular weight excluding hydrogens is 701 g/mol. The minimum atomic E-state index is -0.253. The number of hydrogen-bond acceptors (Lipinski definition) is 5. The molecule has 57 heavy (non-hydrogen) atoms. The van der Waals surface area contributed by atoms with Crippen LogP contribution in [0, 0.1) is 5.92 Å². The molecular formula is C51H34N4O2. The minimum absolute atomic E-state index is 0.00222. The number of para-hydroxylation sites is 2. The lowest BCUT2D eigenvalue weighted by molar-refractivity contribution is 0.360. The first-order valence-electron chi connectivity index (χ1n) is 19.4. The zero-order valence-corrected chi connectivity index (χ0v) is 30.7. The standard InChI is InChI=1S/C51H34N4O2/c1-3-12-31(13-4-1)49-52-50(32-14-5-2-6-15-32)54-51(53-49)39-18-11-21-46-48(39)38-25-22-34(29-47(38)57-46)33-23-26-44-40(28-33)41-30-35(24-27-45(41)56-44)55-42-19-9-7-16-36(42)37-17-8-10-20-43(37)55/h1-30,39,48,51H,(H,52,53,54). The number of allylic oxidation sites excluding steroid dienone is 3. The van der Waals surface area contributed by atoms with E-state index in [9.17, 15) is 0 Å². The number of hydrogen-bond donors (Lipinski definition) is 1. The van der Waals surface area contributed by atoms with Crippen LogP contribution < -0.4 is 10.1 Å². The molecule has 3 atom stereocenters. The van der Waals surface area contributed by atoms with Gasteiger partial charge in [-0.3, -0.25) is 0 Å². The van der Waals surface area contributed by atoms with Crippen LogP contribution in [0.25, 0.3) is 60.6 Å². The summed E-state index contributed by atoms with van der Waals surface area (Å²) in [7, 11) is 0. The van der Waals surface area contributed by atoms with E-state index in [1.54, 1.807) is 0 Å². The normalized spacial score (nSPS) is 18.5. The zero-order valence-electron chi connectivity index (χ0n) is 30.7. The van der Waals surface area contributed by atoms with Crippen LogP contribution in [0.2, 0.25) is 0 Å². The molecule has 6 nitrogen and oxygen atoms in total. The highest BCUT2D eigenvalue weighted by atomic mass is 16.5. The Kier molecular flexibility index (Phi) is 7.01. The Balaban J connectivity index is 0.906. The van der Waals surface area contributed by atoms with E-state index in [1.165, 1.54) is 21.8 Å². The number of amidine groups is 2. The summed E-state index contributed by atoms with van der Waals surface area (Å²) >= 11 is 0. The molecule has 1 aliphatic carbocycles. The summed E-state index contributed by atoms with van der Waals surface area (Å²) in [5.74, 6) is 3.36. The van der Waals surface area contributed by atoms with E-state index in [0.717, 1.165) is 78.6 Å². The van der Waals surface area contributed by atoms with Crippen LogP contribution in [0.3, 0.4) is 0 Å². The molecule has 0 radical (unpaired) electrons. The van der Waals surface area contributed by atoms with Gasteiger partial charge < -0.3 is 19.0 Å². The Morgan fingerprint density at radius 2 is 1.21 bits per heavy atom. The van der Waals surface area contributed by atoms with E-state index in [0.29, 0.717) is 0 Å². The van der Waals surface area contributed by atoms with Gasteiger partial charge in [-0.2, -0.15) is 0 Å². The van der Waals surface area contributed by atoms with Crippen molar-refractivity contribution in [3.8, 4) is 22.6 Å². The number of benzene rings is 7. The molecule has 4 heterocycles. The van der Waals surface area contributed by atoms with Gasteiger partial charge >= 0.3 is 0 Å². The van der Waals surface area contributed by atoms with Gasteiger partial charge in [-0.1, -0.05) is 127 Å². The van der Waals surface area contributed by atoms with Gasteiger partial charge in [0.2, 0.25) is 0 Å². The van der Waals surface area contributed by atoms with Crippen LogP contribution in [-0.4, -0.2) is 22.4 Å². The van der Waals surface area contributed by atoms with E-state index in [2.05, 4.69) is 156 Å². The fraction of sp³-hybridized carbons (Fsp3) is 0.0588. The average Bonchev–Trinajstić information content (AvgIpc) is 3.95. The fourth-order valence-corrected chi connectivity index (χ4v) is 9.02. The van der Waals surface area contributed by atoms with E-state index in [4.69, 9.17) is 19.1 Å². The van der Waals surface area contributed by atoms with Gasteiger partial charge in [-0.15, -0.1) is 0 Å². The van der Waals surface area contributed by atoms with Gasteiger partial charge in [0.15, 0.2) is 5.84 Å². The molecule has 3 aliphatic rings. The molecule has 3 unspecified atom stereocenters. The van der Waals surface area contributed by atoms with E-state index in [1.807, 2.05) is 36.4 Å². The van der Waals surface area contributed by atoms with Crippen LogP contribution in [0.4, 0.5) is 0 Å². The molecule has 12 rings (SSSR count). The number of fused-ring (bicyclic) bond motifs is 9. The molecule has 270 valence electrons. The molecule has 6 heteroatoms. The molecule has 0 amide bonds. The largest absolute Gasteiger partial charge is 0.461 e. The van der Waals surface area contributed by atoms with Crippen molar-refractivity contribution in [1.82, 2.24) is 9.88 Å². The van der Waals surface area contributed by atoms with Gasteiger partial charge in [-0.25, -0.2) is 9.98 Å². The van der Waals surface area contributed by atoms with Gasteiger partial charge in [0.1, 0.15) is 34.7 Å². The van der Waals surface area contributed by atoms with Crippen molar-refractivity contribution in [2.24, 2.45) is 15.9 Å². The Hall–Kier alpha value is -7.44. The van der Waals surface area contributed by atoms with Crippen LogP contribution >= 0.6 is 0 Å². The minimum Gasteiger partial charge on any atom is -0.461 e. The maximum atomic E-state index is 6.67. The van der Waals surface area contributed by atoms with Crippen LogP contribution in [0.15, 0.2) is 202 Å². The van der Waals surface area contributed by atoms with E-state index < -0.39 is 0 Å². The first-order valence-corrected chi connectivity index (χ1v) is 19.4. The molecule has 0 fully saturated rings. The monoisotopic (exact) mass is 734 g/mol. The Morgan fingerprint density at radius 3 is 1.98 bits per heavy atom. The van der Waals surface area contributed by atoms with Crippen molar-refractivity contribution < 1.29 is 9.15 Å². The SMILES string of the molecule is C1=CC(C2N=C(c3ccccc3)N=C(c3ccccc3)N2)C2C(=C1)Oc1cc(-c3ccc4oc5ccc(-n6c7ccccc7c7ccccc76)cc5c4c3)ccc12. The Bertz CT molecular complexity index is 3150. The van der Waals surface area contributed by atoms with Crippen LogP contribution in [0.1, 0.15) is 22.6 Å². The highest BCUT2D eigenvalue weighted by molar-refractivity contribution is 6.13. The van der Waals surface area contributed by atoms with Gasteiger partial charge in [0.05, 0.1) is 17.0 Å². The topological polar surface area (TPSA) is 64.1 Å². The molecule has 0 spiro atoms. The number of aromatic nitrogens is 1. The predicted octanol–water partition coefficient (Wildman–Crippen LogP) is 11.7. The number of nitrogens with one attached hydrogen (secondary N) is 1. The molecule has 2 aliphatic heterocycles. The third kappa shape index (κ3) is 5.11. The second kappa shape index (κ2) is 12.5. The quantitative estimate of drug-likeness (QED) is 0.191. The number of furan rings is 1. The van der Waals surface area contributed by atoms with Crippen molar-refractivity contribution in [1.29, 1.82) is 0 Å². The molecule has 9 aromatic rings. The Labute approximate surface area is 328 Å². The van der Waals surface area contributed by atoms with Crippen molar-refractivity contribution in [3.05, 3.63) is 204 Å². The third-order valence-corrected chi connectivity index (χ3v) is 11.7. The molecule has 1 N–H and O–H groups in total. The fourth-order valence-electron chi connectivity index (χ4n) is 9.02. The number of nitrogens with zero attached hydrogens (tertiary/aromatic N) is 3. The van der Waals surface area contributed by atoms with Crippen molar-refractivity contribution in [3.63, 3.8) is 0 Å².